The fourth-order valence-electron chi connectivity index (χ4n) is 2.64. The molecular weight excluding hydrogens is 214 g/mol. The number of aromatic nitrogens is 2. The lowest BCUT2D eigenvalue weighted by Gasteiger charge is -2.23. The Hall–Kier alpha value is -1.55. The molecule has 3 rings (SSSR count). The minimum atomic E-state index is 0.327. The number of aromatic hydroxyl groups is 1. The van der Waals surface area contributed by atoms with Crippen molar-refractivity contribution < 1.29 is 5.11 Å². The van der Waals surface area contributed by atoms with Crippen LogP contribution in [-0.2, 0) is 0 Å². The maximum absolute atomic E-state index is 10.0. The zero-order chi connectivity index (χ0) is 11.8. The Morgan fingerprint density at radius 1 is 1.47 bits per heavy atom. The highest BCUT2D eigenvalue weighted by Crippen LogP contribution is 2.30. The number of hydrogen-bond donors (Lipinski definition) is 2. The van der Waals surface area contributed by atoms with Crippen LogP contribution in [0.1, 0.15) is 24.6 Å². The van der Waals surface area contributed by atoms with Crippen molar-refractivity contribution in [3.63, 3.8) is 0 Å². The number of hydrogen-bond acceptors (Lipinski definition) is 3. The first-order chi connectivity index (χ1) is 8.27. The third-order valence-electron chi connectivity index (χ3n) is 3.51. The summed E-state index contributed by atoms with van der Waals surface area (Å²) >= 11 is 0. The maximum Gasteiger partial charge on any atom is 0.141 e. The highest BCUT2D eigenvalue weighted by Gasteiger charge is 2.20. The first-order valence-electron chi connectivity index (χ1n) is 6.15. The van der Waals surface area contributed by atoms with Crippen molar-refractivity contribution >= 4 is 10.9 Å². The Morgan fingerprint density at radius 3 is 3.12 bits per heavy atom. The highest BCUT2D eigenvalue weighted by molar-refractivity contribution is 5.87. The smallest absolute Gasteiger partial charge is 0.141 e. The van der Waals surface area contributed by atoms with Gasteiger partial charge in [-0.2, -0.15) is 5.10 Å². The Kier molecular flexibility index (Phi) is 2.52. The molecule has 1 aromatic heterocycles. The van der Waals surface area contributed by atoms with E-state index in [1.807, 2.05) is 23.7 Å². The predicted molar refractivity (Wildman–Crippen MR) is 67.3 cm³/mol. The van der Waals surface area contributed by atoms with Crippen molar-refractivity contribution in [2.24, 2.45) is 0 Å². The average Bonchev–Trinajstić information content (AvgIpc) is 2.70. The second kappa shape index (κ2) is 4.04. The van der Waals surface area contributed by atoms with Crippen LogP contribution in [0.4, 0.5) is 0 Å². The molecule has 2 aromatic rings. The van der Waals surface area contributed by atoms with Gasteiger partial charge in [-0.15, -0.1) is 0 Å². The zero-order valence-corrected chi connectivity index (χ0v) is 9.98. The lowest BCUT2D eigenvalue weighted by molar-refractivity contribution is 0.351. The molecule has 90 valence electrons. The summed E-state index contributed by atoms with van der Waals surface area (Å²) in [7, 11) is 0. The first kappa shape index (κ1) is 10.6. The van der Waals surface area contributed by atoms with Crippen LogP contribution in [0.15, 0.2) is 18.2 Å². The molecule has 1 unspecified atom stereocenters. The zero-order valence-electron chi connectivity index (χ0n) is 9.98. The number of piperidine rings is 1. The summed E-state index contributed by atoms with van der Waals surface area (Å²) in [6, 6.07) is 5.98. The number of phenols is 1. The van der Waals surface area contributed by atoms with Crippen LogP contribution >= 0.6 is 0 Å². The minimum absolute atomic E-state index is 0.327. The molecular formula is C13H17N3O. The van der Waals surface area contributed by atoms with Crippen molar-refractivity contribution in [1.29, 1.82) is 0 Å². The van der Waals surface area contributed by atoms with Gasteiger partial charge in [0.05, 0.1) is 11.7 Å². The quantitative estimate of drug-likeness (QED) is 0.789. The van der Waals surface area contributed by atoms with Crippen LogP contribution < -0.4 is 5.32 Å². The standard InChI is InChI=1S/C13H17N3O/c1-9-11-5-2-6-12(17)13(11)16(15-9)10-4-3-7-14-8-10/h2,5-6,10,14,17H,3-4,7-8H2,1H3. The second-order valence-electron chi connectivity index (χ2n) is 4.70. The molecule has 1 aliphatic rings. The van der Waals surface area contributed by atoms with Crippen molar-refractivity contribution in [1.82, 2.24) is 15.1 Å². The van der Waals surface area contributed by atoms with Gasteiger partial charge in [-0.1, -0.05) is 12.1 Å². The molecule has 4 heteroatoms. The minimum Gasteiger partial charge on any atom is -0.506 e. The Balaban J connectivity index is 2.15. The molecule has 1 fully saturated rings. The van der Waals surface area contributed by atoms with Crippen molar-refractivity contribution in [3.8, 4) is 5.75 Å². The van der Waals surface area contributed by atoms with Gasteiger partial charge in [0, 0.05) is 11.9 Å². The molecule has 1 aromatic carbocycles. The SMILES string of the molecule is Cc1nn(C2CCCNC2)c2c(O)cccc12. The molecule has 0 amide bonds. The number of nitrogens with one attached hydrogen (secondary N) is 1. The molecule has 0 spiro atoms. The number of benzene rings is 1. The number of aryl methyl sites for hydroxylation is 1. The summed E-state index contributed by atoms with van der Waals surface area (Å²) in [5, 5.41) is 19.0. The fourth-order valence-corrected chi connectivity index (χ4v) is 2.64. The van der Waals surface area contributed by atoms with Gasteiger partial charge >= 0.3 is 0 Å². The summed E-state index contributed by atoms with van der Waals surface area (Å²) in [5.41, 5.74) is 1.86. The molecule has 0 aliphatic carbocycles. The number of phenolic OH excluding ortho intramolecular Hbond substituents is 1. The molecule has 4 nitrogen and oxygen atoms in total. The largest absolute Gasteiger partial charge is 0.506 e. The average molecular weight is 231 g/mol. The van der Waals surface area contributed by atoms with E-state index in [9.17, 15) is 5.11 Å². The van der Waals surface area contributed by atoms with Crippen LogP contribution in [0.2, 0.25) is 0 Å². The number of rotatable bonds is 1. The van der Waals surface area contributed by atoms with E-state index >= 15 is 0 Å². The van der Waals surface area contributed by atoms with Gasteiger partial charge in [0.1, 0.15) is 11.3 Å². The van der Waals surface area contributed by atoms with Gasteiger partial charge in [-0.25, -0.2) is 0 Å². The van der Waals surface area contributed by atoms with Crippen LogP contribution in [0, 0.1) is 6.92 Å². The van der Waals surface area contributed by atoms with Crippen molar-refractivity contribution in [2.75, 3.05) is 13.1 Å². The summed E-state index contributed by atoms with van der Waals surface area (Å²) < 4.78 is 1.99. The molecule has 1 saturated heterocycles. The van der Waals surface area contributed by atoms with E-state index in [0.29, 0.717) is 11.8 Å². The molecule has 0 radical (unpaired) electrons. The molecule has 17 heavy (non-hydrogen) atoms. The first-order valence-corrected chi connectivity index (χ1v) is 6.15. The number of para-hydroxylation sites is 1. The van der Waals surface area contributed by atoms with E-state index in [2.05, 4.69) is 10.4 Å². The van der Waals surface area contributed by atoms with E-state index < -0.39 is 0 Å². The van der Waals surface area contributed by atoms with E-state index in [4.69, 9.17) is 0 Å². The third-order valence-corrected chi connectivity index (χ3v) is 3.51. The summed E-state index contributed by atoms with van der Waals surface area (Å²) in [5.74, 6) is 0.327. The maximum atomic E-state index is 10.0. The normalized spacial score (nSPS) is 20.9. The van der Waals surface area contributed by atoms with Crippen molar-refractivity contribution in [2.45, 2.75) is 25.8 Å². The van der Waals surface area contributed by atoms with Gasteiger partial charge in [0.25, 0.3) is 0 Å². The summed E-state index contributed by atoms with van der Waals surface area (Å²) in [6.07, 6.45) is 2.29. The lowest BCUT2D eigenvalue weighted by atomic mass is 10.1. The molecule has 1 aliphatic heterocycles. The number of fused-ring (bicyclic) bond motifs is 1. The van der Waals surface area contributed by atoms with Gasteiger partial charge in [0.2, 0.25) is 0 Å². The third kappa shape index (κ3) is 1.69. The van der Waals surface area contributed by atoms with Crippen molar-refractivity contribution in [3.05, 3.63) is 23.9 Å². The second-order valence-corrected chi connectivity index (χ2v) is 4.70. The molecule has 2 N–H and O–H groups in total. The van der Waals surface area contributed by atoms with Gasteiger partial charge < -0.3 is 10.4 Å². The topological polar surface area (TPSA) is 50.1 Å². The number of nitrogens with zero attached hydrogens (tertiary/aromatic N) is 2. The monoisotopic (exact) mass is 231 g/mol. The Labute approximate surface area is 100 Å². The van der Waals surface area contributed by atoms with Gasteiger partial charge in [-0.3, -0.25) is 4.68 Å². The molecule has 0 saturated carbocycles. The van der Waals surface area contributed by atoms with E-state index in [1.165, 1.54) is 6.42 Å². The van der Waals surface area contributed by atoms with Crippen LogP contribution in [0.5, 0.6) is 5.75 Å². The van der Waals surface area contributed by atoms with E-state index in [0.717, 1.165) is 36.1 Å². The van der Waals surface area contributed by atoms with Crippen LogP contribution in [0.25, 0.3) is 10.9 Å². The molecule has 2 heterocycles. The summed E-state index contributed by atoms with van der Waals surface area (Å²) in [6.45, 7) is 4.01. The van der Waals surface area contributed by atoms with E-state index in [1.54, 1.807) is 6.07 Å². The highest BCUT2D eigenvalue weighted by atomic mass is 16.3. The van der Waals surface area contributed by atoms with E-state index in [-0.39, 0.29) is 0 Å². The lowest BCUT2D eigenvalue weighted by Crippen LogP contribution is -2.32. The molecule has 1 atom stereocenters. The van der Waals surface area contributed by atoms with Gasteiger partial charge in [-0.05, 0) is 32.4 Å². The predicted octanol–water partition coefficient (Wildman–Crippen LogP) is 1.97. The fraction of sp³-hybridized carbons (Fsp3) is 0.462. The Morgan fingerprint density at radius 2 is 2.35 bits per heavy atom. The molecule has 0 bridgehead atoms. The Bertz CT molecular complexity index is 541. The summed E-state index contributed by atoms with van der Waals surface area (Å²) in [4.78, 5) is 0. The van der Waals surface area contributed by atoms with Crippen LogP contribution in [0.3, 0.4) is 0 Å². The van der Waals surface area contributed by atoms with Gasteiger partial charge in [0.15, 0.2) is 0 Å². The van der Waals surface area contributed by atoms with Crippen LogP contribution in [-0.4, -0.2) is 28.0 Å².